The summed E-state index contributed by atoms with van der Waals surface area (Å²) in [6, 6.07) is 6.63. The standard InChI is InChI=1S/C25H37ClN2O4/c1-16(2)22(27-21(30)14-17-5-10-20(29)13-17)23(31)28-12-11-25(32,24(3,4)15-28)18-6-8-19(26)9-7-18/h6-9,16-17,20,22,29,32H,5,10-15H2,1-4H3,(H,27,30)/t17-,20+,22-,25+/m1/s1. The molecule has 7 heteroatoms. The Morgan fingerprint density at radius 1 is 1.22 bits per heavy atom. The van der Waals surface area contributed by atoms with Crippen molar-refractivity contribution in [2.75, 3.05) is 13.1 Å². The first-order valence-corrected chi connectivity index (χ1v) is 12.1. The Balaban J connectivity index is 1.67. The highest BCUT2D eigenvalue weighted by atomic mass is 35.5. The van der Waals surface area contributed by atoms with Crippen molar-refractivity contribution in [2.45, 2.75) is 77.5 Å². The van der Waals surface area contributed by atoms with Gasteiger partial charge in [0.25, 0.3) is 0 Å². The Morgan fingerprint density at radius 2 is 1.88 bits per heavy atom. The van der Waals surface area contributed by atoms with Crippen molar-refractivity contribution in [3.8, 4) is 0 Å². The van der Waals surface area contributed by atoms with Gasteiger partial charge in [0, 0.05) is 29.9 Å². The molecular formula is C25H37ClN2O4. The number of likely N-dealkylation sites (tertiary alicyclic amines) is 1. The van der Waals surface area contributed by atoms with Crippen molar-refractivity contribution in [3.05, 3.63) is 34.9 Å². The van der Waals surface area contributed by atoms with Gasteiger partial charge in [-0.1, -0.05) is 51.4 Å². The van der Waals surface area contributed by atoms with Crippen LogP contribution in [0.15, 0.2) is 24.3 Å². The second-order valence-electron chi connectivity index (χ2n) is 10.6. The van der Waals surface area contributed by atoms with Crippen LogP contribution < -0.4 is 5.32 Å². The number of rotatable bonds is 6. The van der Waals surface area contributed by atoms with Crippen LogP contribution in [0.4, 0.5) is 0 Å². The third-order valence-electron chi connectivity index (χ3n) is 7.32. The third kappa shape index (κ3) is 5.29. The van der Waals surface area contributed by atoms with Crippen LogP contribution in [0.2, 0.25) is 5.02 Å². The van der Waals surface area contributed by atoms with E-state index in [1.54, 1.807) is 17.0 Å². The van der Waals surface area contributed by atoms with E-state index in [1.165, 1.54) is 0 Å². The number of aliphatic hydroxyl groups excluding tert-OH is 1. The monoisotopic (exact) mass is 464 g/mol. The van der Waals surface area contributed by atoms with Gasteiger partial charge in [0.15, 0.2) is 0 Å². The van der Waals surface area contributed by atoms with E-state index in [2.05, 4.69) is 5.32 Å². The smallest absolute Gasteiger partial charge is 0.245 e. The van der Waals surface area contributed by atoms with Crippen LogP contribution in [0.3, 0.4) is 0 Å². The Morgan fingerprint density at radius 3 is 2.41 bits per heavy atom. The second kappa shape index (κ2) is 9.70. The average Bonchev–Trinajstić information content (AvgIpc) is 3.12. The first-order chi connectivity index (χ1) is 14.9. The predicted molar refractivity (Wildman–Crippen MR) is 125 cm³/mol. The van der Waals surface area contributed by atoms with Gasteiger partial charge in [0.05, 0.1) is 11.7 Å². The number of amides is 2. The van der Waals surface area contributed by atoms with Crippen LogP contribution in [0.1, 0.15) is 65.4 Å². The zero-order chi connectivity index (χ0) is 23.7. The van der Waals surface area contributed by atoms with Gasteiger partial charge in [-0.2, -0.15) is 0 Å². The molecule has 3 N–H and O–H groups in total. The van der Waals surface area contributed by atoms with Crippen molar-refractivity contribution in [1.82, 2.24) is 10.2 Å². The molecule has 0 aromatic heterocycles. The zero-order valence-electron chi connectivity index (χ0n) is 19.6. The highest BCUT2D eigenvalue weighted by Crippen LogP contribution is 2.46. The molecule has 1 aliphatic carbocycles. The number of nitrogens with zero attached hydrogens (tertiary/aromatic N) is 1. The van der Waals surface area contributed by atoms with Crippen LogP contribution in [0.25, 0.3) is 0 Å². The Kier molecular flexibility index (Phi) is 7.58. The van der Waals surface area contributed by atoms with E-state index in [0.717, 1.165) is 18.4 Å². The minimum atomic E-state index is -1.08. The summed E-state index contributed by atoms with van der Waals surface area (Å²) in [5.74, 6) is -0.117. The lowest BCUT2D eigenvalue weighted by Crippen LogP contribution is -2.60. The molecule has 3 rings (SSSR count). The fourth-order valence-electron chi connectivity index (χ4n) is 5.21. The summed E-state index contributed by atoms with van der Waals surface area (Å²) in [6.45, 7) is 8.60. The number of piperidine rings is 1. The molecule has 0 unspecified atom stereocenters. The Labute approximate surface area is 196 Å². The molecule has 0 bridgehead atoms. The summed E-state index contributed by atoms with van der Waals surface area (Å²) in [5.41, 5.74) is -0.861. The highest BCUT2D eigenvalue weighted by Gasteiger charge is 2.50. The zero-order valence-corrected chi connectivity index (χ0v) is 20.4. The fraction of sp³-hybridized carbons (Fsp3) is 0.680. The van der Waals surface area contributed by atoms with Gasteiger partial charge in [-0.25, -0.2) is 0 Å². The molecule has 2 amide bonds. The maximum atomic E-state index is 13.4. The molecule has 178 valence electrons. The number of carbonyl (C=O) groups is 2. The van der Waals surface area contributed by atoms with Gasteiger partial charge in [-0.05, 0) is 55.2 Å². The fourth-order valence-corrected chi connectivity index (χ4v) is 5.34. The highest BCUT2D eigenvalue weighted by molar-refractivity contribution is 6.30. The van der Waals surface area contributed by atoms with E-state index in [-0.39, 0.29) is 29.8 Å². The number of benzene rings is 1. The summed E-state index contributed by atoms with van der Waals surface area (Å²) in [7, 11) is 0. The molecule has 1 saturated carbocycles. The van der Waals surface area contributed by atoms with Crippen LogP contribution >= 0.6 is 11.6 Å². The minimum Gasteiger partial charge on any atom is -0.393 e. The Bertz CT molecular complexity index is 826. The van der Waals surface area contributed by atoms with Crippen molar-refractivity contribution >= 4 is 23.4 Å². The van der Waals surface area contributed by atoms with Crippen LogP contribution in [0.5, 0.6) is 0 Å². The number of nitrogens with one attached hydrogen (secondary N) is 1. The summed E-state index contributed by atoms with van der Waals surface area (Å²) in [4.78, 5) is 27.8. The predicted octanol–water partition coefficient (Wildman–Crippen LogP) is 3.48. The molecule has 0 radical (unpaired) electrons. The quantitative estimate of drug-likeness (QED) is 0.601. The summed E-state index contributed by atoms with van der Waals surface area (Å²) >= 11 is 6.02. The van der Waals surface area contributed by atoms with Crippen LogP contribution in [-0.4, -0.2) is 52.2 Å². The summed E-state index contributed by atoms with van der Waals surface area (Å²) in [5, 5.41) is 24.8. The first kappa shape index (κ1) is 25.0. The normalized spacial score (nSPS) is 28.6. The van der Waals surface area contributed by atoms with Crippen molar-refractivity contribution in [3.63, 3.8) is 0 Å². The van der Waals surface area contributed by atoms with Gasteiger partial charge in [0.1, 0.15) is 6.04 Å². The second-order valence-corrected chi connectivity index (χ2v) is 11.0. The lowest BCUT2D eigenvalue weighted by molar-refractivity contribution is -0.156. The van der Waals surface area contributed by atoms with Gasteiger partial charge >= 0.3 is 0 Å². The molecule has 4 atom stereocenters. The molecule has 2 aliphatic rings. The molecule has 1 aromatic rings. The first-order valence-electron chi connectivity index (χ1n) is 11.7. The van der Waals surface area contributed by atoms with Crippen LogP contribution in [0, 0.1) is 17.3 Å². The number of halogens is 1. The SMILES string of the molecule is CC(C)[C@@H](NC(=O)C[C@@H]1CC[C@H](O)C1)C(=O)N1CC[C@](O)(c2ccc(Cl)cc2)C(C)(C)C1. The molecule has 1 heterocycles. The van der Waals surface area contributed by atoms with Crippen LogP contribution in [-0.2, 0) is 15.2 Å². The summed E-state index contributed by atoms with van der Waals surface area (Å²) < 4.78 is 0. The molecular weight excluding hydrogens is 428 g/mol. The lowest BCUT2D eigenvalue weighted by Gasteiger charge is -2.51. The van der Waals surface area contributed by atoms with E-state index in [0.29, 0.717) is 37.4 Å². The topological polar surface area (TPSA) is 89.9 Å². The lowest BCUT2D eigenvalue weighted by atomic mass is 9.66. The van der Waals surface area contributed by atoms with E-state index in [9.17, 15) is 19.8 Å². The molecule has 6 nitrogen and oxygen atoms in total. The number of hydrogen-bond donors (Lipinski definition) is 3. The maximum Gasteiger partial charge on any atom is 0.245 e. The van der Waals surface area contributed by atoms with Gasteiger partial charge in [-0.15, -0.1) is 0 Å². The molecule has 1 saturated heterocycles. The number of carbonyl (C=O) groups excluding carboxylic acids is 2. The maximum absolute atomic E-state index is 13.4. The van der Waals surface area contributed by atoms with E-state index < -0.39 is 17.1 Å². The van der Waals surface area contributed by atoms with Gasteiger partial charge in [0.2, 0.25) is 11.8 Å². The van der Waals surface area contributed by atoms with Gasteiger partial charge < -0.3 is 20.4 Å². The van der Waals surface area contributed by atoms with E-state index >= 15 is 0 Å². The minimum absolute atomic E-state index is 0.0548. The molecule has 0 spiro atoms. The van der Waals surface area contributed by atoms with E-state index in [4.69, 9.17) is 11.6 Å². The molecule has 2 fully saturated rings. The largest absolute Gasteiger partial charge is 0.393 e. The third-order valence-corrected chi connectivity index (χ3v) is 7.57. The van der Waals surface area contributed by atoms with Gasteiger partial charge in [-0.3, -0.25) is 9.59 Å². The summed E-state index contributed by atoms with van der Waals surface area (Å²) in [6.07, 6.45) is 2.67. The van der Waals surface area contributed by atoms with Crippen molar-refractivity contribution in [2.24, 2.45) is 17.3 Å². The van der Waals surface area contributed by atoms with E-state index in [1.807, 2.05) is 39.8 Å². The van der Waals surface area contributed by atoms with Crippen molar-refractivity contribution < 1.29 is 19.8 Å². The average molecular weight is 465 g/mol. The number of hydrogen-bond acceptors (Lipinski definition) is 4. The molecule has 1 aromatic carbocycles. The van der Waals surface area contributed by atoms with Crippen molar-refractivity contribution in [1.29, 1.82) is 0 Å². The molecule has 32 heavy (non-hydrogen) atoms. The molecule has 1 aliphatic heterocycles. The number of aliphatic hydroxyl groups is 2. The Hall–Kier alpha value is -1.63.